The van der Waals surface area contributed by atoms with Crippen LogP contribution in [0.3, 0.4) is 0 Å². The van der Waals surface area contributed by atoms with Crippen LogP contribution in [0.1, 0.15) is 5.56 Å². The Kier molecular flexibility index (Phi) is 2.13. The maximum Gasteiger partial charge on any atom is 0.294 e. The van der Waals surface area contributed by atoms with Gasteiger partial charge in [0.1, 0.15) is 0 Å². The van der Waals surface area contributed by atoms with Gasteiger partial charge in [-0.3, -0.25) is 4.55 Å². The summed E-state index contributed by atoms with van der Waals surface area (Å²) in [7, 11) is -4.19. The Balaban J connectivity index is 3.32. The van der Waals surface area contributed by atoms with Gasteiger partial charge < -0.3 is 0 Å². The highest BCUT2D eigenvalue weighted by Gasteiger charge is 2.08. The van der Waals surface area contributed by atoms with Crippen LogP contribution in [-0.2, 0) is 10.1 Å². The largest absolute Gasteiger partial charge is 0.294 e. The second-order valence-corrected chi connectivity index (χ2v) is 3.54. The first-order chi connectivity index (χ1) is 5.54. The van der Waals surface area contributed by atoms with Crippen LogP contribution in [-0.4, -0.2) is 13.0 Å². The molecule has 1 N–H and O–H groups in total. The Labute approximate surface area is 69.8 Å². The van der Waals surface area contributed by atoms with Gasteiger partial charge in [0, 0.05) is 0 Å². The van der Waals surface area contributed by atoms with Crippen molar-refractivity contribution in [1.29, 1.82) is 5.26 Å². The average Bonchev–Trinajstić information content (AvgIpc) is 2.03. The summed E-state index contributed by atoms with van der Waals surface area (Å²) in [6, 6.07) is 6.93. The molecule has 0 radical (unpaired) electrons. The second kappa shape index (κ2) is 2.93. The zero-order valence-corrected chi connectivity index (χ0v) is 6.75. The predicted octanol–water partition coefficient (Wildman–Crippen LogP) is 0.805. The molecule has 4 nitrogen and oxygen atoms in total. The first-order valence-electron chi connectivity index (χ1n) is 3.02. The molecular weight excluding hydrogens is 178 g/mol. The third-order valence-corrected chi connectivity index (χ3v) is 2.11. The fourth-order valence-electron chi connectivity index (χ4n) is 0.726. The molecule has 0 aliphatic heterocycles. The van der Waals surface area contributed by atoms with Crippen LogP contribution in [0, 0.1) is 11.3 Å². The molecule has 0 bridgehead atoms. The summed E-state index contributed by atoms with van der Waals surface area (Å²) in [5, 5.41) is 8.40. The van der Waals surface area contributed by atoms with Crippen molar-refractivity contribution in [3.05, 3.63) is 29.8 Å². The van der Waals surface area contributed by atoms with Crippen molar-refractivity contribution in [2.24, 2.45) is 0 Å². The summed E-state index contributed by atoms with van der Waals surface area (Å²) in [5.41, 5.74) is 0.199. The van der Waals surface area contributed by atoms with Gasteiger partial charge in [-0.1, -0.05) is 6.07 Å². The molecule has 0 heterocycles. The molecule has 0 saturated heterocycles. The summed E-state index contributed by atoms with van der Waals surface area (Å²) in [4.78, 5) is -0.262. The lowest BCUT2D eigenvalue weighted by atomic mass is 10.2. The molecule has 5 heteroatoms. The van der Waals surface area contributed by atoms with Crippen molar-refractivity contribution in [3.63, 3.8) is 0 Å². The van der Waals surface area contributed by atoms with Crippen molar-refractivity contribution in [3.8, 4) is 6.07 Å². The van der Waals surface area contributed by atoms with Crippen LogP contribution < -0.4 is 0 Å². The fraction of sp³-hybridized carbons (Fsp3) is 0. The normalized spacial score (nSPS) is 10.7. The summed E-state index contributed by atoms with van der Waals surface area (Å²) in [5.74, 6) is 0. The quantitative estimate of drug-likeness (QED) is 0.653. The van der Waals surface area contributed by atoms with Crippen LogP contribution in [0.25, 0.3) is 0 Å². The highest BCUT2D eigenvalue weighted by Crippen LogP contribution is 2.09. The van der Waals surface area contributed by atoms with E-state index in [9.17, 15) is 8.42 Å². The lowest BCUT2D eigenvalue weighted by molar-refractivity contribution is 0.483. The van der Waals surface area contributed by atoms with Gasteiger partial charge >= 0.3 is 0 Å². The highest BCUT2D eigenvalue weighted by molar-refractivity contribution is 7.85. The maximum atomic E-state index is 10.5. The summed E-state index contributed by atoms with van der Waals surface area (Å²) in [6.07, 6.45) is 0. The maximum absolute atomic E-state index is 10.5. The molecule has 1 aromatic rings. The third kappa shape index (κ3) is 1.81. The van der Waals surface area contributed by atoms with Gasteiger partial charge in [0.2, 0.25) is 0 Å². The first-order valence-corrected chi connectivity index (χ1v) is 4.46. The smallest absolute Gasteiger partial charge is 0.282 e. The minimum absolute atomic E-state index is 0.199. The second-order valence-electron chi connectivity index (χ2n) is 2.11. The Morgan fingerprint density at radius 1 is 1.42 bits per heavy atom. The Hall–Kier alpha value is -1.38. The molecular formula is C7H5NO3S. The van der Waals surface area contributed by atoms with E-state index in [1.807, 2.05) is 0 Å². The van der Waals surface area contributed by atoms with Gasteiger partial charge in [0.15, 0.2) is 0 Å². The molecule has 0 amide bonds. The van der Waals surface area contributed by atoms with E-state index in [0.29, 0.717) is 0 Å². The van der Waals surface area contributed by atoms with Crippen molar-refractivity contribution >= 4 is 10.1 Å². The minimum atomic E-state index is -4.19. The Morgan fingerprint density at radius 3 is 2.58 bits per heavy atom. The number of nitrogens with zero attached hydrogens (tertiary/aromatic N) is 1. The van der Waals surface area contributed by atoms with Crippen LogP contribution in [0.2, 0.25) is 0 Å². The molecule has 0 aromatic heterocycles. The van der Waals surface area contributed by atoms with E-state index in [1.165, 1.54) is 18.2 Å². The van der Waals surface area contributed by atoms with Crippen molar-refractivity contribution in [2.45, 2.75) is 4.90 Å². The molecule has 0 aliphatic rings. The highest BCUT2D eigenvalue weighted by atomic mass is 32.2. The molecule has 0 spiro atoms. The standard InChI is InChI=1S/C7H5NO3S/c8-5-6-2-1-3-7(4-6)12(9,10)11/h1-4H,(H,9,10,11). The van der Waals surface area contributed by atoms with Crippen LogP contribution in [0.4, 0.5) is 0 Å². The molecule has 0 saturated carbocycles. The van der Waals surface area contributed by atoms with Gasteiger partial charge in [-0.05, 0) is 18.2 Å². The van der Waals surface area contributed by atoms with Crippen LogP contribution >= 0.6 is 0 Å². The van der Waals surface area contributed by atoms with Gasteiger partial charge in [0.05, 0.1) is 16.5 Å². The number of benzene rings is 1. The topological polar surface area (TPSA) is 78.2 Å². The van der Waals surface area contributed by atoms with E-state index in [2.05, 4.69) is 0 Å². The van der Waals surface area contributed by atoms with Crippen LogP contribution in [0.5, 0.6) is 0 Å². The van der Waals surface area contributed by atoms with E-state index in [4.69, 9.17) is 9.81 Å². The number of hydrogen-bond acceptors (Lipinski definition) is 3. The van der Waals surface area contributed by atoms with Crippen molar-refractivity contribution in [1.82, 2.24) is 0 Å². The van der Waals surface area contributed by atoms with E-state index < -0.39 is 10.1 Å². The van der Waals surface area contributed by atoms with Gasteiger partial charge in [-0.25, -0.2) is 0 Å². The molecule has 1 rings (SSSR count). The van der Waals surface area contributed by atoms with Gasteiger partial charge in [0.25, 0.3) is 10.1 Å². The number of hydrogen-bond donors (Lipinski definition) is 1. The van der Waals surface area contributed by atoms with E-state index >= 15 is 0 Å². The lowest BCUT2D eigenvalue weighted by Gasteiger charge is -1.95. The molecule has 0 atom stereocenters. The molecule has 62 valence electrons. The zero-order chi connectivity index (χ0) is 9.19. The van der Waals surface area contributed by atoms with Crippen molar-refractivity contribution in [2.75, 3.05) is 0 Å². The monoisotopic (exact) mass is 183 g/mol. The van der Waals surface area contributed by atoms with Gasteiger partial charge in [-0.15, -0.1) is 0 Å². The summed E-state index contributed by atoms with van der Waals surface area (Å²) >= 11 is 0. The fourth-order valence-corrected chi connectivity index (χ4v) is 1.25. The molecule has 12 heavy (non-hydrogen) atoms. The Bertz CT molecular complexity index is 430. The van der Waals surface area contributed by atoms with E-state index in [0.717, 1.165) is 6.07 Å². The zero-order valence-electron chi connectivity index (χ0n) is 5.93. The Morgan fingerprint density at radius 2 is 2.08 bits per heavy atom. The number of nitriles is 1. The van der Waals surface area contributed by atoms with Gasteiger partial charge in [-0.2, -0.15) is 13.7 Å². The summed E-state index contributed by atoms with van der Waals surface area (Å²) in [6.45, 7) is 0. The summed E-state index contributed by atoms with van der Waals surface area (Å²) < 4.78 is 29.7. The molecule has 0 fully saturated rings. The third-order valence-electron chi connectivity index (χ3n) is 1.26. The SMILES string of the molecule is N#Cc1cccc(S(=O)(=O)O)c1. The minimum Gasteiger partial charge on any atom is -0.282 e. The number of rotatable bonds is 1. The van der Waals surface area contributed by atoms with E-state index in [-0.39, 0.29) is 10.5 Å². The lowest BCUT2D eigenvalue weighted by Crippen LogP contribution is -1.97. The molecule has 1 aromatic carbocycles. The molecule has 0 aliphatic carbocycles. The molecule has 0 unspecified atom stereocenters. The van der Waals surface area contributed by atoms with Crippen LogP contribution in [0.15, 0.2) is 29.2 Å². The first kappa shape index (κ1) is 8.71. The average molecular weight is 183 g/mol. The van der Waals surface area contributed by atoms with E-state index in [1.54, 1.807) is 6.07 Å². The van der Waals surface area contributed by atoms with Crippen molar-refractivity contribution < 1.29 is 13.0 Å². The predicted molar refractivity (Wildman–Crippen MR) is 41.0 cm³/mol.